The normalized spacial score (nSPS) is 19.8. The van der Waals surface area contributed by atoms with Crippen molar-refractivity contribution in [1.29, 1.82) is 0 Å². The van der Waals surface area contributed by atoms with Crippen LogP contribution in [0.2, 0.25) is 0 Å². The molecule has 1 fully saturated rings. The number of aliphatic hydroxyl groups excluding tert-OH is 1. The Morgan fingerprint density at radius 3 is 2.85 bits per heavy atom. The van der Waals surface area contributed by atoms with E-state index in [2.05, 4.69) is 45.2 Å². The fraction of sp³-hybridized carbons (Fsp3) is 0.600. The number of hydrogen-bond donors (Lipinski definition) is 2. The van der Waals surface area contributed by atoms with E-state index in [1.54, 1.807) is 0 Å². The minimum atomic E-state index is -0.345. The molecule has 0 radical (unpaired) electrons. The first kappa shape index (κ1) is 15.9. The fourth-order valence-electron chi connectivity index (χ4n) is 2.35. The largest absolute Gasteiger partial charge is 0.390 e. The zero-order valence-corrected chi connectivity index (χ0v) is 13.5. The number of morpholine rings is 1. The molecule has 1 aromatic carbocycles. The van der Waals surface area contributed by atoms with Crippen LogP contribution in [0, 0.1) is 0 Å². The van der Waals surface area contributed by atoms with E-state index in [0.717, 1.165) is 30.8 Å². The smallest absolute Gasteiger partial charge is 0.0791 e. The summed E-state index contributed by atoms with van der Waals surface area (Å²) in [5.74, 6) is 0. The molecule has 2 atom stereocenters. The molecule has 0 bridgehead atoms. The SMILES string of the molecule is C[C@H](NCC(O)CN1CCOCC1)c1cccc(Br)c1. The predicted octanol–water partition coefficient (Wildman–Crippen LogP) is 1.79. The summed E-state index contributed by atoms with van der Waals surface area (Å²) >= 11 is 3.48. The molecule has 0 amide bonds. The average Bonchev–Trinajstić information content (AvgIpc) is 2.46. The lowest BCUT2D eigenvalue weighted by Crippen LogP contribution is -2.44. The highest BCUT2D eigenvalue weighted by Crippen LogP contribution is 2.17. The summed E-state index contributed by atoms with van der Waals surface area (Å²) < 4.78 is 6.39. The molecule has 0 saturated carbocycles. The Labute approximate surface area is 129 Å². The number of halogens is 1. The molecule has 2 rings (SSSR count). The molecule has 1 aliphatic rings. The number of ether oxygens (including phenoxy) is 1. The molecule has 5 heteroatoms. The van der Waals surface area contributed by atoms with Gasteiger partial charge in [-0.1, -0.05) is 28.1 Å². The number of rotatable bonds is 6. The van der Waals surface area contributed by atoms with Crippen LogP contribution in [-0.4, -0.2) is 55.5 Å². The monoisotopic (exact) mass is 342 g/mol. The summed E-state index contributed by atoms with van der Waals surface area (Å²) in [6.07, 6.45) is -0.345. The summed E-state index contributed by atoms with van der Waals surface area (Å²) in [6.45, 7) is 6.80. The number of hydrogen-bond acceptors (Lipinski definition) is 4. The molecular formula is C15H23BrN2O2. The number of nitrogens with one attached hydrogen (secondary N) is 1. The maximum absolute atomic E-state index is 10.1. The molecule has 0 aromatic heterocycles. The van der Waals surface area contributed by atoms with Crippen molar-refractivity contribution in [3.05, 3.63) is 34.3 Å². The molecular weight excluding hydrogens is 320 g/mol. The molecule has 1 heterocycles. The van der Waals surface area contributed by atoms with Crippen molar-refractivity contribution in [3.63, 3.8) is 0 Å². The molecule has 1 aliphatic heterocycles. The molecule has 1 aromatic rings. The third-order valence-electron chi connectivity index (χ3n) is 3.58. The van der Waals surface area contributed by atoms with Gasteiger partial charge in [-0.3, -0.25) is 4.90 Å². The quantitative estimate of drug-likeness (QED) is 0.827. The van der Waals surface area contributed by atoms with Gasteiger partial charge in [0.05, 0.1) is 19.3 Å². The second-order valence-corrected chi connectivity index (χ2v) is 6.17. The Morgan fingerprint density at radius 2 is 2.15 bits per heavy atom. The molecule has 1 saturated heterocycles. The second kappa shape index (κ2) is 8.10. The number of benzene rings is 1. The number of nitrogens with zero attached hydrogens (tertiary/aromatic N) is 1. The van der Waals surface area contributed by atoms with Gasteiger partial charge in [-0.2, -0.15) is 0 Å². The van der Waals surface area contributed by atoms with E-state index in [1.165, 1.54) is 5.56 Å². The molecule has 4 nitrogen and oxygen atoms in total. The van der Waals surface area contributed by atoms with Crippen LogP contribution < -0.4 is 5.32 Å². The molecule has 0 spiro atoms. The van der Waals surface area contributed by atoms with Crippen LogP contribution in [0.3, 0.4) is 0 Å². The van der Waals surface area contributed by atoms with Gasteiger partial charge >= 0.3 is 0 Å². The minimum absolute atomic E-state index is 0.229. The molecule has 2 N–H and O–H groups in total. The highest BCUT2D eigenvalue weighted by atomic mass is 79.9. The first-order valence-corrected chi connectivity index (χ1v) is 7.91. The van der Waals surface area contributed by atoms with Gasteiger partial charge in [0.1, 0.15) is 0 Å². The van der Waals surface area contributed by atoms with Gasteiger partial charge in [0.2, 0.25) is 0 Å². The van der Waals surface area contributed by atoms with Crippen LogP contribution in [0.4, 0.5) is 0 Å². The van der Waals surface area contributed by atoms with Crippen LogP contribution in [0.5, 0.6) is 0 Å². The van der Waals surface area contributed by atoms with Gasteiger partial charge in [0.25, 0.3) is 0 Å². The lowest BCUT2D eigenvalue weighted by molar-refractivity contribution is 0.0145. The van der Waals surface area contributed by atoms with Gasteiger partial charge in [-0.05, 0) is 24.6 Å². The molecule has 1 unspecified atom stereocenters. The van der Waals surface area contributed by atoms with Gasteiger partial charge in [-0.15, -0.1) is 0 Å². The van der Waals surface area contributed by atoms with Crippen LogP contribution in [0.1, 0.15) is 18.5 Å². The third kappa shape index (κ3) is 5.14. The van der Waals surface area contributed by atoms with Crippen LogP contribution in [0.25, 0.3) is 0 Å². The van der Waals surface area contributed by atoms with Crippen molar-refractivity contribution in [2.75, 3.05) is 39.4 Å². The lowest BCUT2D eigenvalue weighted by atomic mass is 10.1. The van der Waals surface area contributed by atoms with Crippen LogP contribution >= 0.6 is 15.9 Å². The summed E-state index contributed by atoms with van der Waals surface area (Å²) in [6, 6.07) is 8.47. The first-order valence-electron chi connectivity index (χ1n) is 7.12. The van der Waals surface area contributed by atoms with E-state index in [-0.39, 0.29) is 12.1 Å². The molecule has 0 aliphatic carbocycles. The maximum atomic E-state index is 10.1. The van der Waals surface area contributed by atoms with Crippen LogP contribution in [0.15, 0.2) is 28.7 Å². The topological polar surface area (TPSA) is 44.7 Å². The zero-order valence-electron chi connectivity index (χ0n) is 11.9. The average molecular weight is 343 g/mol. The second-order valence-electron chi connectivity index (χ2n) is 5.25. The standard InChI is InChI=1S/C15H23BrN2O2/c1-12(13-3-2-4-14(16)9-13)17-10-15(19)11-18-5-7-20-8-6-18/h2-4,9,12,15,17,19H,5-8,10-11H2,1H3/t12-,15?/m0/s1. The summed E-state index contributed by atoms with van der Waals surface area (Å²) in [5.41, 5.74) is 1.22. The van der Waals surface area contributed by atoms with E-state index in [9.17, 15) is 5.11 Å². The Kier molecular flexibility index (Phi) is 6.45. The Hall–Kier alpha value is -0.460. The van der Waals surface area contributed by atoms with Crippen molar-refractivity contribution in [3.8, 4) is 0 Å². The van der Waals surface area contributed by atoms with Gasteiger partial charge in [0, 0.05) is 36.7 Å². The Morgan fingerprint density at radius 1 is 1.40 bits per heavy atom. The Bertz CT molecular complexity index is 411. The third-order valence-corrected chi connectivity index (χ3v) is 4.07. The van der Waals surface area contributed by atoms with E-state index < -0.39 is 0 Å². The maximum Gasteiger partial charge on any atom is 0.0791 e. The highest BCUT2D eigenvalue weighted by molar-refractivity contribution is 9.10. The van der Waals surface area contributed by atoms with Crippen LogP contribution in [-0.2, 0) is 4.74 Å². The van der Waals surface area contributed by atoms with E-state index in [4.69, 9.17) is 4.74 Å². The van der Waals surface area contributed by atoms with Crippen molar-refractivity contribution in [1.82, 2.24) is 10.2 Å². The number of aliphatic hydroxyl groups is 1. The lowest BCUT2D eigenvalue weighted by Gasteiger charge is -2.29. The molecule has 112 valence electrons. The van der Waals surface area contributed by atoms with E-state index in [1.807, 2.05) is 12.1 Å². The van der Waals surface area contributed by atoms with Gasteiger partial charge in [0.15, 0.2) is 0 Å². The predicted molar refractivity (Wildman–Crippen MR) is 83.8 cm³/mol. The van der Waals surface area contributed by atoms with Crippen molar-refractivity contribution < 1.29 is 9.84 Å². The fourth-order valence-corrected chi connectivity index (χ4v) is 2.77. The van der Waals surface area contributed by atoms with Gasteiger partial charge in [-0.25, -0.2) is 0 Å². The van der Waals surface area contributed by atoms with Crippen molar-refractivity contribution in [2.24, 2.45) is 0 Å². The summed E-state index contributed by atoms with van der Waals surface area (Å²) in [4.78, 5) is 2.25. The van der Waals surface area contributed by atoms with Crippen molar-refractivity contribution in [2.45, 2.75) is 19.1 Å². The summed E-state index contributed by atoms with van der Waals surface area (Å²) in [5, 5.41) is 13.5. The summed E-state index contributed by atoms with van der Waals surface area (Å²) in [7, 11) is 0. The number of β-amino-alcohol motifs (C(OH)–C–C–N with tert-alkyl or cyclic N) is 1. The molecule has 20 heavy (non-hydrogen) atoms. The highest BCUT2D eigenvalue weighted by Gasteiger charge is 2.15. The first-order chi connectivity index (χ1) is 9.65. The van der Waals surface area contributed by atoms with Gasteiger partial charge < -0.3 is 15.2 Å². The van der Waals surface area contributed by atoms with E-state index >= 15 is 0 Å². The minimum Gasteiger partial charge on any atom is -0.390 e. The Balaban J connectivity index is 1.73. The van der Waals surface area contributed by atoms with Crippen molar-refractivity contribution >= 4 is 15.9 Å². The zero-order chi connectivity index (χ0) is 14.4. The van der Waals surface area contributed by atoms with E-state index in [0.29, 0.717) is 13.1 Å².